The number of benzene rings is 2. The Balaban J connectivity index is 1.94. The summed E-state index contributed by atoms with van der Waals surface area (Å²) in [6.07, 6.45) is 1.53. The van der Waals surface area contributed by atoms with Gasteiger partial charge in [0.1, 0.15) is 0 Å². The quantitative estimate of drug-likeness (QED) is 0.424. The van der Waals surface area contributed by atoms with E-state index in [1.165, 1.54) is 23.0 Å². The van der Waals surface area contributed by atoms with Crippen LogP contribution >= 0.6 is 11.6 Å². The molecule has 0 bridgehead atoms. The van der Waals surface area contributed by atoms with E-state index in [0.29, 0.717) is 27.3 Å². The molecule has 0 unspecified atom stereocenters. The Hall–Kier alpha value is -3.45. The van der Waals surface area contributed by atoms with Crippen LogP contribution in [0.15, 0.2) is 59.5 Å². The van der Waals surface area contributed by atoms with E-state index >= 15 is 0 Å². The van der Waals surface area contributed by atoms with Gasteiger partial charge in [-0.15, -0.1) is 0 Å². The Kier molecular flexibility index (Phi) is 4.01. The summed E-state index contributed by atoms with van der Waals surface area (Å²) in [6, 6.07) is 13.1. The van der Waals surface area contributed by atoms with Gasteiger partial charge in [0.15, 0.2) is 0 Å². The lowest BCUT2D eigenvalue weighted by atomic mass is 10.0. The number of H-pyrrole nitrogens is 1. The Morgan fingerprint density at radius 1 is 1.11 bits per heavy atom. The number of nitro benzene ring substituents is 1. The zero-order valence-electron chi connectivity index (χ0n) is 14.1. The van der Waals surface area contributed by atoms with Crippen LogP contribution in [0.1, 0.15) is 5.69 Å². The molecule has 134 valence electrons. The first-order valence-electron chi connectivity index (χ1n) is 8.07. The number of aromatic amines is 1. The molecule has 2 aromatic heterocycles. The number of fused-ring (bicyclic) bond motifs is 1. The summed E-state index contributed by atoms with van der Waals surface area (Å²) in [5.41, 5.74) is 3.21. The molecule has 0 saturated carbocycles. The molecule has 7 nitrogen and oxygen atoms in total. The van der Waals surface area contributed by atoms with E-state index in [4.69, 9.17) is 11.6 Å². The van der Waals surface area contributed by atoms with E-state index in [1.54, 1.807) is 36.4 Å². The molecular weight excluding hydrogens is 368 g/mol. The number of pyridine rings is 1. The minimum absolute atomic E-state index is 0.00349. The number of rotatable bonds is 3. The van der Waals surface area contributed by atoms with Crippen molar-refractivity contribution in [1.29, 1.82) is 0 Å². The molecule has 0 spiro atoms. The first-order valence-corrected chi connectivity index (χ1v) is 8.44. The molecule has 0 fully saturated rings. The van der Waals surface area contributed by atoms with Crippen molar-refractivity contribution >= 4 is 28.2 Å². The Bertz CT molecular complexity index is 1230. The van der Waals surface area contributed by atoms with Crippen LogP contribution < -0.4 is 5.56 Å². The Morgan fingerprint density at radius 3 is 2.41 bits per heavy atom. The van der Waals surface area contributed by atoms with E-state index in [9.17, 15) is 14.9 Å². The van der Waals surface area contributed by atoms with Gasteiger partial charge in [0.2, 0.25) is 0 Å². The molecule has 2 aromatic carbocycles. The predicted octanol–water partition coefficient (Wildman–Crippen LogP) is 4.25. The van der Waals surface area contributed by atoms with Gasteiger partial charge in [-0.2, -0.15) is 0 Å². The van der Waals surface area contributed by atoms with Gasteiger partial charge in [0.25, 0.3) is 11.2 Å². The van der Waals surface area contributed by atoms with Gasteiger partial charge in [0.05, 0.1) is 21.5 Å². The van der Waals surface area contributed by atoms with Crippen molar-refractivity contribution in [2.75, 3.05) is 0 Å². The lowest BCUT2D eigenvalue weighted by Gasteiger charge is -2.06. The van der Waals surface area contributed by atoms with E-state index in [1.807, 2.05) is 6.92 Å². The fourth-order valence-electron chi connectivity index (χ4n) is 3.04. The SMILES string of the molecule is Cc1ncc2c(=O)n(-c3ccc(Cl)cc3)[nH]c2c1-c1ccc([N+](=O)[O-])cc1. The van der Waals surface area contributed by atoms with Crippen molar-refractivity contribution in [2.45, 2.75) is 6.92 Å². The molecule has 0 aliphatic carbocycles. The monoisotopic (exact) mass is 380 g/mol. The number of hydrogen-bond acceptors (Lipinski definition) is 4. The van der Waals surface area contributed by atoms with E-state index in [2.05, 4.69) is 10.1 Å². The third-order valence-electron chi connectivity index (χ3n) is 4.38. The highest BCUT2D eigenvalue weighted by atomic mass is 35.5. The molecule has 0 radical (unpaired) electrons. The van der Waals surface area contributed by atoms with Crippen molar-refractivity contribution in [3.63, 3.8) is 0 Å². The summed E-state index contributed by atoms with van der Waals surface area (Å²) >= 11 is 5.92. The third-order valence-corrected chi connectivity index (χ3v) is 4.63. The maximum atomic E-state index is 12.8. The predicted molar refractivity (Wildman–Crippen MR) is 104 cm³/mol. The summed E-state index contributed by atoms with van der Waals surface area (Å²) in [5, 5.41) is 15.0. The number of nitro groups is 1. The number of halogens is 1. The minimum atomic E-state index is -0.450. The van der Waals surface area contributed by atoms with Gasteiger partial charge in [-0.3, -0.25) is 25.0 Å². The topological polar surface area (TPSA) is 93.8 Å². The lowest BCUT2D eigenvalue weighted by Crippen LogP contribution is -2.14. The van der Waals surface area contributed by atoms with Crippen LogP contribution in [-0.4, -0.2) is 19.7 Å². The van der Waals surface area contributed by atoms with Gasteiger partial charge < -0.3 is 0 Å². The van der Waals surface area contributed by atoms with Crippen LogP contribution in [0, 0.1) is 17.0 Å². The summed E-state index contributed by atoms with van der Waals surface area (Å²) in [5.74, 6) is 0. The molecular formula is C19H13ClN4O3. The first kappa shape index (κ1) is 17.0. The number of aromatic nitrogens is 3. The van der Waals surface area contributed by atoms with Crippen molar-refractivity contribution < 1.29 is 4.92 Å². The van der Waals surface area contributed by atoms with Crippen LogP contribution in [0.3, 0.4) is 0 Å². The molecule has 0 amide bonds. The van der Waals surface area contributed by atoms with E-state index in [0.717, 1.165) is 11.1 Å². The lowest BCUT2D eigenvalue weighted by molar-refractivity contribution is -0.384. The number of nitrogens with zero attached hydrogens (tertiary/aromatic N) is 3. The fraction of sp³-hybridized carbons (Fsp3) is 0.0526. The third kappa shape index (κ3) is 2.88. The zero-order chi connectivity index (χ0) is 19.1. The Morgan fingerprint density at radius 2 is 1.78 bits per heavy atom. The molecule has 0 aliphatic rings. The molecule has 27 heavy (non-hydrogen) atoms. The van der Waals surface area contributed by atoms with Gasteiger partial charge in [-0.25, -0.2) is 4.68 Å². The molecule has 8 heteroatoms. The maximum Gasteiger partial charge on any atom is 0.280 e. The second kappa shape index (κ2) is 6.37. The normalized spacial score (nSPS) is 11.0. The van der Waals surface area contributed by atoms with Gasteiger partial charge in [-0.1, -0.05) is 11.6 Å². The van der Waals surface area contributed by atoms with Crippen LogP contribution in [0.4, 0.5) is 5.69 Å². The van der Waals surface area contributed by atoms with Crippen molar-refractivity contribution in [3.05, 3.63) is 85.9 Å². The Labute approximate surface area is 158 Å². The number of non-ortho nitro benzene ring substituents is 1. The smallest absolute Gasteiger partial charge is 0.280 e. The summed E-state index contributed by atoms with van der Waals surface area (Å²) in [7, 11) is 0. The summed E-state index contributed by atoms with van der Waals surface area (Å²) < 4.78 is 1.43. The van der Waals surface area contributed by atoms with Crippen LogP contribution in [0.25, 0.3) is 27.7 Å². The molecule has 0 saturated heterocycles. The van der Waals surface area contributed by atoms with Gasteiger partial charge >= 0.3 is 0 Å². The average Bonchev–Trinajstić information content (AvgIpc) is 2.99. The van der Waals surface area contributed by atoms with Crippen molar-refractivity contribution in [3.8, 4) is 16.8 Å². The molecule has 4 aromatic rings. The van der Waals surface area contributed by atoms with Crippen molar-refractivity contribution in [1.82, 2.24) is 14.8 Å². The van der Waals surface area contributed by atoms with Crippen molar-refractivity contribution in [2.24, 2.45) is 0 Å². The average molecular weight is 381 g/mol. The van der Waals surface area contributed by atoms with Crippen LogP contribution in [-0.2, 0) is 0 Å². The van der Waals surface area contributed by atoms with Gasteiger partial charge in [0, 0.05) is 34.6 Å². The second-order valence-electron chi connectivity index (χ2n) is 6.04. The number of hydrogen-bond donors (Lipinski definition) is 1. The maximum absolute atomic E-state index is 12.8. The minimum Gasteiger partial charge on any atom is -0.290 e. The standard InChI is InChI=1S/C19H13ClN4O3/c1-11-17(12-2-6-15(7-3-12)24(26)27)18-16(10-21-11)19(25)23(22-18)14-8-4-13(20)5-9-14/h2-10,22H,1H3. The molecule has 0 atom stereocenters. The summed E-state index contributed by atoms with van der Waals surface area (Å²) in [6.45, 7) is 1.83. The largest absolute Gasteiger partial charge is 0.290 e. The molecule has 1 N–H and O–H groups in total. The molecule has 4 rings (SSSR count). The van der Waals surface area contributed by atoms with Crippen LogP contribution in [0.5, 0.6) is 0 Å². The van der Waals surface area contributed by atoms with E-state index < -0.39 is 4.92 Å². The van der Waals surface area contributed by atoms with E-state index in [-0.39, 0.29) is 11.2 Å². The second-order valence-corrected chi connectivity index (χ2v) is 6.48. The number of nitrogens with one attached hydrogen (secondary N) is 1. The summed E-state index contributed by atoms with van der Waals surface area (Å²) in [4.78, 5) is 27.6. The molecule has 2 heterocycles. The highest BCUT2D eigenvalue weighted by Gasteiger charge is 2.16. The molecule has 0 aliphatic heterocycles. The number of aryl methyl sites for hydroxylation is 1. The fourth-order valence-corrected chi connectivity index (χ4v) is 3.17. The van der Waals surface area contributed by atoms with Crippen LogP contribution in [0.2, 0.25) is 5.02 Å². The first-order chi connectivity index (χ1) is 13.0. The van der Waals surface area contributed by atoms with Gasteiger partial charge in [-0.05, 0) is 48.9 Å². The zero-order valence-corrected chi connectivity index (χ0v) is 14.9. The highest BCUT2D eigenvalue weighted by Crippen LogP contribution is 2.30. The highest BCUT2D eigenvalue weighted by molar-refractivity contribution is 6.30.